The van der Waals surface area contributed by atoms with E-state index in [1.807, 2.05) is 45.0 Å². The monoisotopic (exact) mass is 1100 g/mol. The van der Waals surface area contributed by atoms with Crippen LogP contribution in [-0.2, 0) is 25.4 Å². The Balaban J connectivity index is 1.13. The number of methoxy groups -OCH3 is 1. The smallest absolute Gasteiger partial charge is 0.345 e. The standard InChI is InChI=1S/C56H61Cl2FN6O10S/c1-7-40(63-53(60-4)37-9-8-10-41(27-37)71-26-25-70-24-23-69-22-21-68-6)31-73-44-16-15-42-28-38(44)29-45(56(66)67)75-54-48-47(52(76-55(48)62-33-61-54)36-11-13-39(59)14-12-36)46-34(2)49(57)51(50(58)35(46)3)74-43(32-72-42)30-65-19-17-64(5)18-20-65/h7-16,27-28,33,43,45H,4,17-26,29-32H2,1-3,5-6H3,(H,66,67)/b40-7-,63-53-/t43-,45-/m1/s1. The van der Waals surface area contributed by atoms with Gasteiger partial charge in [-0.05, 0) is 99.3 Å². The van der Waals surface area contributed by atoms with Crippen LogP contribution in [0.2, 0.25) is 10.0 Å². The Morgan fingerprint density at radius 3 is 2.34 bits per heavy atom. The minimum absolute atomic E-state index is 0.00660. The van der Waals surface area contributed by atoms with Gasteiger partial charge in [0.05, 0.1) is 54.2 Å². The molecule has 402 valence electrons. The average Bonchev–Trinajstić information content (AvgIpc) is 3.85. The van der Waals surface area contributed by atoms with Gasteiger partial charge in [-0.1, -0.05) is 53.5 Å². The highest BCUT2D eigenvalue weighted by Crippen LogP contribution is 2.53. The summed E-state index contributed by atoms with van der Waals surface area (Å²) in [5, 5.41) is 12.0. The fraction of sp³-hybridized carbons (Fsp3) is 0.375. The third-order valence-electron chi connectivity index (χ3n) is 12.9. The number of amidine groups is 1. The lowest BCUT2D eigenvalue weighted by Gasteiger charge is -2.35. The number of carboxylic acid groups (broad SMARTS) is 1. The zero-order valence-electron chi connectivity index (χ0n) is 43.1. The van der Waals surface area contributed by atoms with E-state index >= 15 is 0 Å². The second kappa shape index (κ2) is 26.7. The zero-order valence-corrected chi connectivity index (χ0v) is 45.4. The highest BCUT2D eigenvalue weighted by Gasteiger charge is 2.32. The Morgan fingerprint density at radius 1 is 0.921 bits per heavy atom. The number of aromatic nitrogens is 2. The predicted molar refractivity (Wildman–Crippen MR) is 295 cm³/mol. The second-order valence-electron chi connectivity index (χ2n) is 18.1. The topological polar surface area (TPSA) is 168 Å². The Morgan fingerprint density at radius 2 is 1.64 bits per heavy atom. The van der Waals surface area contributed by atoms with E-state index in [4.69, 9.17) is 66.1 Å². The van der Waals surface area contributed by atoms with Gasteiger partial charge >= 0.3 is 5.97 Å². The van der Waals surface area contributed by atoms with Crippen LogP contribution in [0.4, 0.5) is 4.39 Å². The summed E-state index contributed by atoms with van der Waals surface area (Å²) in [5.41, 5.74) is 4.84. The van der Waals surface area contributed by atoms with Crippen LogP contribution in [0.25, 0.3) is 31.8 Å². The van der Waals surface area contributed by atoms with E-state index in [0.29, 0.717) is 135 Å². The molecule has 0 amide bonds. The van der Waals surface area contributed by atoms with Crippen molar-refractivity contribution in [1.82, 2.24) is 19.8 Å². The summed E-state index contributed by atoms with van der Waals surface area (Å²) in [4.78, 5) is 37.5. The summed E-state index contributed by atoms with van der Waals surface area (Å²) in [6.07, 6.45) is 0.870. The molecule has 1 saturated heterocycles. The molecule has 1 N–H and O–H groups in total. The van der Waals surface area contributed by atoms with Gasteiger partial charge in [0.25, 0.3) is 0 Å². The number of piperazine rings is 1. The quantitative estimate of drug-likeness (QED) is 0.0462. The number of rotatable bonds is 19. The van der Waals surface area contributed by atoms with Crippen molar-refractivity contribution in [3.8, 4) is 50.4 Å². The first kappa shape index (κ1) is 56.0. The Kier molecular flexibility index (Phi) is 19.7. The van der Waals surface area contributed by atoms with Gasteiger partial charge in [-0.3, -0.25) is 4.90 Å². The number of aliphatic carboxylic acids is 1. The Labute approximate surface area is 455 Å². The molecule has 3 aliphatic heterocycles. The van der Waals surface area contributed by atoms with Crippen LogP contribution >= 0.6 is 34.5 Å². The maximum Gasteiger partial charge on any atom is 0.345 e. The number of halogens is 3. The van der Waals surface area contributed by atoms with Crippen molar-refractivity contribution in [2.75, 3.05) is 99.7 Å². The molecule has 5 heterocycles. The summed E-state index contributed by atoms with van der Waals surface area (Å²) < 4.78 is 62.9. The molecule has 0 saturated carbocycles. The molecule has 16 nitrogen and oxygen atoms in total. The molecule has 20 heteroatoms. The zero-order chi connectivity index (χ0) is 53.7. The molecule has 9 rings (SSSR count). The molecular formula is C56H61Cl2FN6O10S. The van der Waals surface area contributed by atoms with Crippen LogP contribution in [0, 0.1) is 19.7 Å². The summed E-state index contributed by atoms with van der Waals surface area (Å²) in [5.74, 6) is 0.362. The van der Waals surface area contributed by atoms with E-state index in [9.17, 15) is 14.3 Å². The highest BCUT2D eigenvalue weighted by atomic mass is 35.5. The highest BCUT2D eigenvalue weighted by molar-refractivity contribution is 7.22. The number of likely N-dealkylation sites (N-methyl/N-ethyl adjacent to an activating group) is 1. The van der Waals surface area contributed by atoms with Crippen LogP contribution in [-0.4, -0.2) is 155 Å². The van der Waals surface area contributed by atoms with Crippen molar-refractivity contribution in [1.29, 1.82) is 0 Å². The van der Waals surface area contributed by atoms with E-state index < -0.39 is 24.0 Å². The summed E-state index contributed by atoms with van der Waals surface area (Å²) in [7, 11) is 3.72. The van der Waals surface area contributed by atoms with E-state index in [2.05, 4.69) is 38.5 Å². The SMILES string of the molecule is C=N/C(=N\C(=C/C)COc1ccc2cc1C[C@H](C(=O)O)Oc1ncnc3sc(-c4ccc(F)cc4)c(c13)-c1c(C)c(Cl)c(c(Cl)c1C)O[C@H](CN1CCN(C)CC1)CO2)c1cccc(OCCOCCOCCOC)c1. The van der Waals surface area contributed by atoms with Gasteiger partial charge in [0.15, 0.2) is 11.6 Å². The van der Waals surface area contributed by atoms with Crippen molar-refractivity contribution in [3.63, 3.8) is 0 Å². The minimum atomic E-state index is -1.50. The minimum Gasteiger partial charge on any atom is -0.491 e. The number of fused-ring (bicyclic) bond motifs is 7. The lowest BCUT2D eigenvalue weighted by Crippen LogP contribution is -2.49. The third kappa shape index (κ3) is 13.8. The second-order valence-corrected chi connectivity index (χ2v) is 19.8. The van der Waals surface area contributed by atoms with Crippen molar-refractivity contribution >= 4 is 63.3 Å². The molecule has 4 bridgehead atoms. The molecule has 6 aromatic rings. The third-order valence-corrected chi connectivity index (χ3v) is 14.9. The lowest BCUT2D eigenvalue weighted by atomic mass is 9.92. The molecule has 0 spiro atoms. The molecule has 4 aromatic carbocycles. The molecular weight excluding hydrogens is 1040 g/mol. The van der Waals surface area contributed by atoms with Crippen LogP contribution in [0.3, 0.4) is 0 Å². The number of ether oxygens (including phenoxy) is 8. The van der Waals surface area contributed by atoms with Crippen LogP contribution in [0.5, 0.6) is 28.9 Å². The van der Waals surface area contributed by atoms with Gasteiger partial charge in [-0.25, -0.2) is 29.1 Å². The van der Waals surface area contributed by atoms with E-state index in [1.54, 1.807) is 43.5 Å². The molecule has 0 aliphatic carbocycles. The van der Waals surface area contributed by atoms with E-state index in [0.717, 1.165) is 26.2 Å². The number of carbonyl (C=O) groups is 1. The summed E-state index contributed by atoms with van der Waals surface area (Å²) in [6.45, 7) is 15.9. The molecule has 0 unspecified atom stereocenters. The molecule has 0 radical (unpaired) electrons. The van der Waals surface area contributed by atoms with Crippen molar-refractivity contribution in [2.24, 2.45) is 9.98 Å². The molecule has 2 aromatic heterocycles. The van der Waals surface area contributed by atoms with Gasteiger partial charge in [-0.2, -0.15) is 0 Å². The van der Waals surface area contributed by atoms with Crippen LogP contribution in [0.1, 0.15) is 29.2 Å². The number of thiophene rings is 1. The number of nitrogens with zero attached hydrogens (tertiary/aromatic N) is 6. The maximum atomic E-state index is 14.4. The van der Waals surface area contributed by atoms with Crippen molar-refractivity contribution in [3.05, 3.63) is 123 Å². The maximum absolute atomic E-state index is 14.4. The fourth-order valence-electron chi connectivity index (χ4n) is 8.78. The molecule has 76 heavy (non-hydrogen) atoms. The number of aliphatic imine (C=N–C) groups is 2. The lowest BCUT2D eigenvalue weighted by molar-refractivity contribution is -0.145. The first-order chi connectivity index (χ1) is 36.8. The number of hydrogen-bond donors (Lipinski definition) is 1. The number of carboxylic acids is 1. The van der Waals surface area contributed by atoms with Gasteiger partial charge < -0.3 is 47.9 Å². The van der Waals surface area contributed by atoms with Crippen molar-refractivity contribution in [2.45, 2.75) is 39.4 Å². The molecule has 2 atom stereocenters. The van der Waals surface area contributed by atoms with Crippen molar-refractivity contribution < 1.29 is 52.2 Å². The van der Waals surface area contributed by atoms with Gasteiger partial charge in [-0.15, -0.1) is 11.3 Å². The molecule has 3 aliphatic rings. The summed E-state index contributed by atoms with van der Waals surface area (Å²) >= 11 is 16.0. The largest absolute Gasteiger partial charge is 0.491 e. The predicted octanol–water partition coefficient (Wildman–Crippen LogP) is 10.0. The Hall–Kier alpha value is -6.22. The Bertz CT molecular complexity index is 3030. The van der Waals surface area contributed by atoms with Gasteiger partial charge in [0.1, 0.15) is 60.1 Å². The fourth-order valence-corrected chi connectivity index (χ4v) is 10.4. The number of benzene rings is 4. The first-order valence-corrected chi connectivity index (χ1v) is 26.4. The normalized spacial score (nSPS) is 16.7. The number of hydrogen-bond acceptors (Lipinski definition) is 15. The molecule has 1 fully saturated rings. The summed E-state index contributed by atoms with van der Waals surface area (Å²) in [6, 6.07) is 18.7. The van der Waals surface area contributed by atoms with Crippen LogP contribution < -0.4 is 23.7 Å². The van der Waals surface area contributed by atoms with E-state index in [1.165, 1.54) is 29.8 Å². The van der Waals surface area contributed by atoms with Crippen LogP contribution in [0.15, 0.2) is 94.8 Å². The van der Waals surface area contributed by atoms with Gasteiger partial charge in [0, 0.05) is 67.8 Å². The average molecular weight is 1100 g/mol. The van der Waals surface area contributed by atoms with Gasteiger partial charge in [0.2, 0.25) is 12.0 Å². The first-order valence-electron chi connectivity index (χ1n) is 24.8. The van der Waals surface area contributed by atoms with E-state index in [-0.39, 0.29) is 35.6 Å². The number of allylic oxidation sites excluding steroid dienone is 1.